The second kappa shape index (κ2) is 9.70. The minimum Gasteiger partial charge on any atom is -0.452 e. The van der Waals surface area contributed by atoms with Gasteiger partial charge in [-0.1, -0.05) is 12.1 Å². The molecule has 1 aliphatic heterocycles. The molecule has 2 aromatic rings. The Morgan fingerprint density at radius 1 is 1.10 bits per heavy atom. The summed E-state index contributed by atoms with van der Waals surface area (Å²) in [4.78, 5) is 37.9. The standard InChI is InChI=1S/C21H23N3O5/c25-13-11-22-18-5-2-1-4-17(18)21(28)29-14-19(26)23-15-7-9-16(10-8-15)24-12-3-6-20(24)27/h1-2,4-5,7-10,22,25H,3,6,11-14H2,(H,23,26). The number of nitrogens with zero attached hydrogens (tertiary/aromatic N) is 1. The predicted molar refractivity (Wildman–Crippen MR) is 109 cm³/mol. The first-order chi connectivity index (χ1) is 14.1. The molecule has 3 N–H and O–H groups in total. The molecule has 0 bridgehead atoms. The van der Waals surface area contributed by atoms with Crippen LogP contribution in [0.3, 0.4) is 0 Å². The molecule has 2 aromatic carbocycles. The fourth-order valence-electron chi connectivity index (χ4n) is 3.06. The van der Waals surface area contributed by atoms with E-state index < -0.39 is 18.5 Å². The molecule has 8 nitrogen and oxygen atoms in total. The number of hydrogen-bond donors (Lipinski definition) is 3. The molecular weight excluding hydrogens is 374 g/mol. The van der Waals surface area contributed by atoms with Gasteiger partial charge < -0.3 is 25.4 Å². The van der Waals surface area contributed by atoms with Crippen molar-refractivity contribution in [1.82, 2.24) is 0 Å². The van der Waals surface area contributed by atoms with E-state index in [-0.39, 0.29) is 18.1 Å². The molecule has 0 aliphatic carbocycles. The quantitative estimate of drug-likeness (QED) is 0.588. The number of esters is 1. The highest BCUT2D eigenvalue weighted by Gasteiger charge is 2.21. The van der Waals surface area contributed by atoms with E-state index in [4.69, 9.17) is 9.84 Å². The van der Waals surface area contributed by atoms with Gasteiger partial charge in [0.2, 0.25) is 5.91 Å². The van der Waals surface area contributed by atoms with Crippen molar-refractivity contribution in [1.29, 1.82) is 0 Å². The number of amides is 2. The van der Waals surface area contributed by atoms with E-state index in [0.29, 0.717) is 30.9 Å². The number of para-hydroxylation sites is 1. The Morgan fingerprint density at radius 3 is 2.55 bits per heavy atom. The third kappa shape index (κ3) is 5.32. The van der Waals surface area contributed by atoms with Crippen LogP contribution >= 0.6 is 0 Å². The second-order valence-electron chi connectivity index (χ2n) is 6.52. The van der Waals surface area contributed by atoms with Crippen LogP contribution in [0.25, 0.3) is 0 Å². The Balaban J connectivity index is 1.52. The predicted octanol–water partition coefficient (Wildman–Crippen LogP) is 2.01. The highest BCUT2D eigenvalue weighted by atomic mass is 16.5. The number of ether oxygens (including phenoxy) is 1. The van der Waals surface area contributed by atoms with Gasteiger partial charge in [-0.05, 0) is 42.8 Å². The number of anilines is 3. The van der Waals surface area contributed by atoms with Gasteiger partial charge in [0.25, 0.3) is 5.91 Å². The van der Waals surface area contributed by atoms with Crippen LogP contribution in [0.2, 0.25) is 0 Å². The van der Waals surface area contributed by atoms with Crippen LogP contribution in [0, 0.1) is 0 Å². The van der Waals surface area contributed by atoms with Crippen LogP contribution in [0.5, 0.6) is 0 Å². The maximum Gasteiger partial charge on any atom is 0.340 e. The summed E-state index contributed by atoms with van der Waals surface area (Å²) in [5, 5.41) is 14.5. The zero-order chi connectivity index (χ0) is 20.6. The first-order valence-electron chi connectivity index (χ1n) is 9.39. The molecule has 0 atom stereocenters. The van der Waals surface area contributed by atoms with Gasteiger partial charge in [-0.2, -0.15) is 0 Å². The van der Waals surface area contributed by atoms with Gasteiger partial charge in [0, 0.05) is 36.6 Å². The summed E-state index contributed by atoms with van der Waals surface area (Å²) in [6, 6.07) is 13.7. The largest absolute Gasteiger partial charge is 0.452 e. The van der Waals surface area contributed by atoms with Gasteiger partial charge in [0.1, 0.15) is 0 Å². The number of rotatable bonds is 8. The molecule has 1 fully saturated rings. The number of aliphatic hydroxyl groups excluding tert-OH is 1. The number of nitrogens with one attached hydrogen (secondary N) is 2. The summed E-state index contributed by atoms with van der Waals surface area (Å²) in [6.07, 6.45) is 1.41. The lowest BCUT2D eigenvalue weighted by atomic mass is 10.2. The van der Waals surface area contributed by atoms with Crippen LogP contribution in [0.1, 0.15) is 23.2 Å². The summed E-state index contributed by atoms with van der Waals surface area (Å²) in [7, 11) is 0. The maximum atomic E-state index is 12.3. The van der Waals surface area contributed by atoms with Crippen molar-refractivity contribution in [3.63, 3.8) is 0 Å². The van der Waals surface area contributed by atoms with E-state index >= 15 is 0 Å². The van der Waals surface area contributed by atoms with E-state index in [2.05, 4.69) is 10.6 Å². The van der Waals surface area contributed by atoms with Crippen LogP contribution in [-0.2, 0) is 14.3 Å². The molecule has 29 heavy (non-hydrogen) atoms. The van der Waals surface area contributed by atoms with Gasteiger partial charge in [-0.25, -0.2) is 4.79 Å². The Morgan fingerprint density at radius 2 is 1.86 bits per heavy atom. The summed E-state index contributed by atoms with van der Waals surface area (Å²) in [5.74, 6) is -1.00. The third-order valence-electron chi connectivity index (χ3n) is 4.44. The molecule has 1 aliphatic rings. The van der Waals surface area contributed by atoms with Crippen molar-refractivity contribution in [3.8, 4) is 0 Å². The van der Waals surface area contributed by atoms with E-state index in [1.807, 2.05) is 0 Å². The molecule has 3 rings (SSSR count). The average Bonchev–Trinajstić information content (AvgIpc) is 3.17. The van der Waals surface area contributed by atoms with Gasteiger partial charge in [0.15, 0.2) is 6.61 Å². The number of aliphatic hydroxyl groups is 1. The average molecular weight is 397 g/mol. The highest BCUT2D eigenvalue weighted by Crippen LogP contribution is 2.23. The number of carbonyl (C=O) groups excluding carboxylic acids is 3. The molecule has 2 amide bonds. The molecule has 1 heterocycles. The molecule has 0 unspecified atom stereocenters. The number of carbonyl (C=O) groups is 3. The summed E-state index contributed by atoms with van der Waals surface area (Å²) in [5.41, 5.74) is 2.16. The Kier molecular flexibility index (Phi) is 6.80. The Bertz CT molecular complexity index is 882. The zero-order valence-electron chi connectivity index (χ0n) is 15.9. The fraction of sp³-hybridized carbons (Fsp3) is 0.286. The number of hydrogen-bond acceptors (Lipinski definition) is 6. The molecule has 152 valence electrons. The Labute approximate surface area is 168 Å². The van der Waals surface area contributed by atoms with Gasteiger partial charge in [0.05, 0.1) is 12.2 Å². The lowest BCUT2D eigenvalue weighted by molar-refractivity contribution is -0.119. The molecule has 0 aromatic heterocycles. The van der Waals surface area contributed by atoms with Crippen molar-refractivity contribution in [2.24, 2.45) is 0 Å². The van der Waals surface area contributed by atoms with Crippen LogP contribution < -0.4 is 15.5 Å². The molecular formula is C21H23N3O5. The van der Waals surface area contributed by atoms with E-state index in [0.717, 1.165) is 12.1 Å². The minimum absolute atomic E-state index is 0.0729. The molecule has 8 heteroatoms. The number of benzene rings is 2. The van der Waals surface area contributed by atoms with Crippen LogP contribution in [-0.4, -0.2) is 49.2 Å². The highest BCUT2D eigenvalue weighted by molar-refractivity contribution is 5.99. The first kappa shape index (κ1) is 20.3. The van der Waals surface area contributed by atoms with Crippen molar-refractivity contribution in [3.05, 3.63) is 54.1 Å². The second-order valence-corrected chi connectivity index (χ2v) is 6.52. The van der Waals surface area contributed by atoms with E-state index in [1.165, 1.54) is 0 Å². The maximum absolute atomic E-state index is 12.3. The van der Waals surface area contributed by atoms with Crippen molar-refractivity contribution < 1.29 is 24.2 Å². The Hall–Kier alpha value is -3.39. The van der Waals surface area contributed by atoms with Crippen LogP contribution in [0.15, 0.2) is 48.5 Å². The third-order valence-corrected chi connectivity index (χ3v) is 4.44. The lowest BCUT2D eigenvalue weighted by Gasteiger charge is -2.16. The molecule has 0 saturated carbocycles. The summed E-state index contributed by atoms with van der Waals surface area (Å²) >= 11 is 0. The minimum atomic E-state index is -0.635. The van der Waals surface area contributed by atoms with Gasteiger partial charge in [-0.3, -0.25) is 9.59 Å². The summed E-state index contributed by atoms with van der Waals surface area (Å²) < 4.78 is 5.10. The van der Waals surface area contributed by atoms with Gasteiger partial charge in [-0.15, -0.1) is 0 Å². The van der Waals surface area contributed by atoms with E-state index in [1.54, 1.807) is 53.4 Å². The SMILES string of the molecule is O=C(COC(=O)c1ccccc1NCCO)Nc1ccc(N2CCCC2=O)cc1. The molecule has 0 spiro atoms. The fourth-order valence-corrected chi connectivity index (χ4v) is 3.06. The van der Waals surface area contributed by atoms with Gasteiger partial charge >= 0.3 is 5.97 Å². The van der Waals surface area contributed by atoms with Crippen molar-refractivity contribution in [2.45, 2.75) is 12.8 Å². The lowest BCUT2D eigenvalue weighted by Crippen LogP contribution is -2.24. The van der Waals surface area contributed by atoms with E-state index in [9.17, 15) is 14.4 Å². The first-order valence-corrected chi connectivity index (χ1v) is 9.39. The normalized spacial score (nSPS) is 13.3. The zero-order valence-corrected chi connectivity index (χ0v) is 15.9. The van der Waals surface area contributed by atoms with Crippen molar-refractivity contribution >= 4 is 34.8 Å². The van der Waals surface area contributed by atoms with Crippen molar-refractivity contribution in [2.75, 3.05) is 41.8 Å². The molecule has 1 saturated heterocycles. The van der Waals surface area contributed by atoms with Crippen LogP contribution in [0.4, 0.5) is 17.1 Å². The smallest absolute Gasteiger partial charge is 0.340 e. The monoisotopic (exact) mass is 397 g/mol. The topological polar surface area (TPSA) is 108 Å². The molecule has 0 radical (unpaired) electrons. The summed E-state index contributed by atoms with van der Waals surface area (Å²) in [6.45, 7) is 0.495.